The average molecular weight is 253 g/mol. The number of ether oxygens (including phenoxy) is 1. The Morgan fingerprint density at radius 1 is 1.33 bits per heavy atom. The van der Waals surface area contributed by atoms with Crippen molar-refractivity contribution in [2.75, 3.05) is 31.7 Å². The van der Waals surface area contributed by atoms with Gasteiger partial charge < -0.3 is 14.7 Å². The van der Waals surface area contributed by atoms with Crippen LogP contribution < -0.4 is 4.90 Å². The molecule has 4 heteroatoms. The van der Waals surface area contributed by atoms with Crippen molar-refractivity contribution in [3.63, 3.8) is 0 Å². The molecule has 1 heterocycles. The van der Waals surface area contributed by atoms with Crippen molar-refractivity contribution in [3.8, 4) is 0 Å². The molecule has 0 aliphatic carbocycles. The molecule has 1 saturated heterocycles. The van der Waals surface area contributed by atoms with E-state index in [4.69, 9.17) is 9.84 Å². The van der Waals surface area contributed by atoms with Crippen LogP contribution in [0.1, 0.15) is 18.4 Å². The number of halogens is 1. The van der Waals surface area contributed by atoms with Crippen molar-refractivity contribution in [2.45, 2.75) is 19.4 Å². The van der Waals surface area contributed by atoms with Gasteiger partial charge in [-0.2, -0.15) is 0 Å². The highest BCUT2D eigenvalue weighted by Gasteiger charge is 2.16. The van der Waals surface area contributed by atoms with Crippen molar-refractivity contribution in [2.24, 2.45) is 5.92 Å². The zero-order valence-electron chi connectivity index (χ0n) is 10.7. The van der Waals surface area contributed by atoms with Gasteiger partial charge in [-0.3, -0.25) is 0 Å². The summed E-state index contributed by atoms with van der Waals surface area (Å²) in [5, 5.41) is 9.09. The summed E-state index contributed by atoms with van der Waals surface area (Å²) >= 11 is 0. The van der Waals surface area contributed by atoms with E-state index in [1.165, 1.54) is 12.1 Å². The third-order valence-corrected chi connectivity index (χ3v) is 3.44. The Labute approximate surface area is 107 Å². The van der Waals surface area contributed by atoms with Gasteiger partial charge in [-0.25, -0.2) is 4.39 Å². The van der Waals surface area contributed by atoms with E-state index in [1.807, 2.05) is 13.1 Å². The van der Waals surface area contributed by atoms with Gasteiger partial charge in [-0.1, -0.05) is 0 Å². The molecule has 1 N–H and O–H groups in total. The van der Waals surface area contributed by atoms with Gasteiger partial charge in [0.2, 0.25) is 0 Å². The number of rotatable bonds is 4. The Kier molecular flexibility index (Phi) is 4.55. The van der Waals surface area contributed by atoms with Gasteiger partial charge in [-0.05, 0) is 42.5 Å². The number of anilines is 1. The SMILES string of the molecule is CN(CC1CCOCC1)c1cc(F)cc(CO)c1. The van der Waals surface area contributed by atoms with Gasteiger partial charge >= 0.3 is 0 Å². The molecule has 1 aromatic carbocycles. The summed E-state index contributed by atoms with van der Waals surface area (Å²) in [5.41, 5.74) is 1.44. The zero-order valence-corrected chi connectivity index (χ0v) is 10.7. The molecular formula is C14H20FNO2. The molecule has 1 aliphatic heterocycles. The summed E-state index contributed by atoms with van der Waals surface area (Å²) in [6, 6.07) is 4.71. The minimum Gasteiger partial charge on any atom is -0.392 e. The maximum atomic E-state index is 13.4. The second-order valence-electron chi connectivity index (χ2n) is 4.91. The van der Waals surface area contributed by atoms with E-state index >= 15 is 0 Å². The fraction of sp³-hybridized carbons (Fsp3) is 0.571. The molecule has 0 radical (unpaired) electrons. The van der Waals surface area contributed by atoms with Crippen molar-refractivity contribution in [3.05, 3.63) is 29.6 Å². The highest BCUT2D eigenvalue weighted by Crippen LogP contribution is 2.22. The molecule has 0 atom stereocenters. The number of aliphatic hydroxyl groups is 1. The predicted octanol–water partition coefficient (Wildman–Crippen LogP) is 2.18. The second kappa shape index (κ2) is 6.16. The second-order valence-corrected chi connectivity index (χ2v) is 4.91. The third-order valence-electron chi connectivity index (χ3n) is 3.44. The van der Waals surface area contributed by atoms with Crippen LogP contribution in [-0.4, -0.2) is 31.9 Å². The number of aliphatic hydroxyl groups excluding tert-OH is 1. The lowest BCUT2D eigenvalue weighted by molar-refractivity contribution is 0.0685. The number of hydrogen-bond donors (Lipinski definition) is 1. The smallest absolute Gasteiger partial charge is 0.125 e. The van der Waals surface area contributed by atoms with E-state index in [-0.39, 0.29) is 12.4 Å². The van der Waals surface area contributed by atoms with Gasteiger partial charge in [0, 0.05) is 32.5 Å². The first-order valence-electron chi connectivity index (χ1n) is 6.38. The summed E-state index contributed by atoms with van der Waals surface area (Å²) in [4.78, 5) is 2.05. The lowest BCUT2D eigenvalue weighted by Gasteiger charge is -2.28. The van der Waals surface area contributed by atoms with E-state index in [0.29, 0.717) is 11.5 Å². The molecule has 0 spiro atoms. The van der Waals surface area contributed by atoms with Gasteiger partial charge in [0.1, 0.15) is 5.82 Å². The normalized spacial score (nSPS) is 16.8. The molecule has 1 aromatic rings. The van der Waals surface area contributed by atoms with E-state index < -0.39 is 0 Å². The number of hydrogen-bond acceptors (Lipinski definition) is 3. The quantitative estimate of drug-likeness (QED) is 0.892. The molecule has 2 rings (SSSR count). The highest BCUT2D eigenvalue weighted by atomic mass is 19.1. The van der Waals surface area contributed by atoms with Crippen LogP contribution in [0, 0.1) is 11.7 Å². The van der Waals surface area contributed by atoms with Crippen LogP contribution in [0.15, 0.2) is 18.2 Å². The Morgan fingerprint density at radius 3 is 2.72 bits per heavy atom. The predicted molar refractivity (Wildman–Crippen MR) is 69.1 cm³/mol. The molecule has 1 fully saturated rings. The molecule has 18 heavy (non-hydrogen) atoms. The zero-order chi connectivity index (χ0) is 13.0. The van der Waals surface area contributed by atoms with Crippen molar-refractivity contribution >= 4 is 5.69 Å². The number of benzene rings is 1. The topological polar surface area (TPSA) is 32.7 Å². The minimum atomic E-state index is -0.296. The molecule has 0 amide bonds. The lowest BCUT2D eigenvalue weighted by atomic mass is 9.99. The van der Waals surface area contributed by atoms with Crippen LogP contribution >= 0.6 is 0 Å². The van der Waals surface area contributed by atoms with Crippen LogP contribution in [-0.2, 0) is 11.3 Å². The molecule has 1 aliphatic rings. The van der Waals surface area contributed by atoms with Gasteiger partial charge in [-0.15, -0.1) is 0 Å². The first-order chi connectivity index (χ1) is 8.69. The molecule has 0 saturated carbocycles. The monoisotopic (exact) mass is 253 g/mol. The number of nitrogens with zero attached hydrogens (tertiary/aromatic N) is 1. The third kappa shape index (κ3) is 3.43. The maximum Gasteiger partial charge on any atom is 0.125 e. The highest BCUT2D eigenvalue weighted by molar-refractivity contribution is 5.48. The van der Waals surface area contributed by atoms with Crippen LogP contribution in [0.3, 0.4) is 0 Å². The lowest BCUT2D eigenvalue weighted by Crippen LogP contribution is -2.29. The van der Waals surface area contributed by atoms with Crippen molar-refractivity contribution in [1.82, 2.24) is 0 Å². The van der Waals surface area contributed by atoms with E-state index in [1.54, 1.807) is 0 Å². The first kappa shape index (κ1) is 13.3. The maximum absolute atomic E-state index is 13.4. The van der Waals surface area contributed by atoms with Crippen molar-refractivity contribution < 1.29 is 14.2 Å². The van der Waals surface area contributed by atoms with E-state index in [2.05, 4.69) is 4.90 Å². The summed E-state index contributed by atoms with van der Waals surface area (Å²) in [6.07, 6.45) is 2.12. The minimum absolute atomic E-state index is 0.129. The standard InChI is InChI=1S/C14H20FNO2/c1-16(9-11-2-4-18-5-3-11)14-7-12(10-17)6-13(15)8-14/h6-8,11,17H,2-5,9-10H2,1H3. The molecule has 100 valence electrons. The van der Waals surface area contributed by atoms with E-state index in [9.17, 15) is 4.39 Å². The van der Waals surface area contributed by atoms with Gasteiger partial charge in [0.25, 0.3) is 0 Å². The fourth-order valence-electron chi connectivity index (χ4n) is 2.37. The van der Waals surface area contributed by atoms with Gasteiger partial charge in [0.05, 0.1) is 6.61 Å². The first-order valence-corrected chi connectivity index (χ1v) is 6.38. The Bertz CT molecular complexity index is 391. The molecule has 0 unspecified atom stereocenters. The van der Waals surface area contributed by atoms with Crippen molar-refractivity contribution in [1.29, 1.82) is 0 Å². The summed E-state index contributed by atoms with van der Waals surface area (Å²) in [5.74, 6) is 0.306. The fourth-order valence-corrected chi connectivity index (χ4v) is 2.37. The molecule has 3 nitrogen and oxygen atoms in total. The summed E-state index contributed by atoms with van der Waals surface area (Å²) < 4.78 is 18.7. The Hall–Kier alpha value is -1.13. The van der Waals surface area contributed by atoms with Crippen LogP contribution in [0.5, 0.6) is 0 Å². The molecular weight excluding hydrogens is 233 g/mol. The Morgan fingerprint density at radius 2 is 2.06 bits per heavy atom. The van der Waals surface area contributed by atoms with Crippen LogP contribution in [0.25, 0.3) is 0 Å². The summed E-state index contributed by atoms with van der Waals surface area (Å²) in [7, 11) is 1.96. The van der Waals surface area contributed by atoms with E-state index in [0.717, 1.165) is 38.3 Å². The molecule has 0 aromatic heterocycles. The van der Waals surface area contributed by atoms with Crippen LogP contribution in [0.2, 0.25) is 0 Å². The van der Waals surface area contributed by atoms with Crippen LogP contribution in [0.4, 0.5) is 10.1 Å². The largest absolute Gasteiger partial charge is 0.392 e. The van der Waals surface area contributed by atoms with Gasteiger partial charge in [0.15, 0.2) is 0 Å². The molecule has 0 bridgehead atoms. The summed E-state index contributed by atoms with van der Waals surface area (Å²) in [6.45, 7) is 2.42. The Balaban J connectivity index is 2.02. The average Bonchev–Trinajstić information content (AvgIpc) is 2.39.